The molecule has 0 bridgehead atoms. The van der Waals surface area contributed by atoms with E-state index in [0.29, 0.717) is 29.4 Å². The van der Waals surface area contributed by atoms with Crippen LogP contribution in [-0.4, -0.2) is 30.7 Å². The molecule has 142 valence electrons. The summed E-state index contributed by atoms with van der Waals surface area (Å²) < 4.78 is 10.5. The van der Waals surface area contributed by atoms with Gasteiger partial charge < -0.3 is 19.9 Å². The number of hydrogen-bond acceptors (Lipinski definition) is 4. The van der Waals surface area contributed by atoms with Crippen LogP contribution in [0, 0.1) is 0 Å². The quantitative estimate of drug-likeness (QED) is 0.759. The first-order chi connectivity index (χ1) is 13.0. The van der Waals surface area contributed by atoms with E-state index in [9.17, 15) is 14.7 Å². The van der Waals surface area contributed by atoms with E-state index in [1.54, 1.807) is 30.3 Å². The summed E-state index contributed by atoms with van der Waals surface area (Å²) in [6.07, 6.45) is 1.34. The number of benzene rings is 2. The summed E-state index contributed by atoms with van der Waals surface area (Å²) in [5.41, 5.74) is 2.37. The van der Waals surface area contributed by atoms with Crippen LogP contribution in [0.15, 0.2) is 36.4 Å². The van der Waals surface area contributed by atoms with Crippen LogP contribution < -0.4 is 14.8 Å². The lowest BCUT2D eigenvalue weighted by Gasteiger charge is -2.16. The van der Waals surface area contributed by atoms with Crippen LogP contribution in [-0.2, 0) is 22.4 Å². The Bertz CT molecular complexity index is 867. The maximum absolute atomic E-state index is 12.3. The zero-order valence-electron chi connectivity index (χ0n) is 14.8. The summed E-state index contributed by atoms with van der Waals surface area (Å²) >= 11 is 6.08. The largest absolute Gasteiger partial charge is 0.495 e. The van der Waals surface area contributed by atoms with Gasteiger partial charge in [-0.1, -0.05) is 23.7 Å². The van der Waals surface area contributed by atoms with Crippen molar-refractivity contribution in [1.82, 2.24) is 5.32 Å². The highest BCUT2D eigenvalue weighted by Crippen LogP contribution is 2.28. The highest BCUT2D eigenvalue weighted by molar-refractivity contribution is 6.32. The van der Waals surface area contributed by atoms with Gasteiger partial charge in [0, 0.05) is 12.8 Å². The van der Waals surface area contributed by atoms with E-state index < -0.39 is 12.0 Å². The van der Waals surface area contributed by atoms with Crippen molar-refractivity contribution >= 4 is 23.5 Å². The number of carbonyl (C=O) groups excluding carboxylic acids is 1. The van der Waals surface area contributed by atoms with Crippen molar-refractivity contribution in [1.29, 1.82) is 0 Å². The smallest absolute Gasteiger partial charge is 0.330 e. The molecule has 0 aromatic heterocycles. The number of fused-ring (bicyclic) bond motifs is 1. The lowest BCUT2D eigenvalue weighted by Crippen LogP contribution is -2.33. The molecule has 1 heterocycles. The van der Waals surface area contributed by atoms with Gasteiger partial charge in [0.25, 0.3) is 0 Å². The fourth-order valence-electron chi connectivity index (χ4n) is 3.03. The third-order valence-electron chi connectivity index (χ3n) is 4.46. The zero-order valence-corrected chi connectivity index (χ0v) is 15.6. The van der Waals surface area contributed by atoms with Crippen molar-refractivity contribution in [2.24, 2.45) is 0 Å². The Hall–Kier alpha value is -2.73. The normalized spacial score (nSPS) is 13.4. The van der Waals surface area contributed by atoms with Crippen LogP contribution in [0.25, 0.3) is 0 Å². The molecule has 0 spiro atoms. The molecule has 1 unspecified atom stereocenters. The maximum atomic E-state index is 12.3. The van der Waals surface area contributed by atoms with E-state index in [-0.39, 0.29) is 12.3 Å². The van der Waals surface area contributed by atoms with E-state index in [1.165, 1.54) is 7.11 Å². The van der Waals surface area contributed by atoms with Crippen molar-refractivity contribution < 1.29 is 24.2 Å². The Morgan fingerprint density at radius 2 is 2.11 bits per heavy atom. The van der Waals surface area contributed by atoms with Crippen molar-refractivity contribution in [3.8, 4) is 11.5 Å². The van der Waals surface area contributed by atoms with Crippen LogP contribution >= 0.6 is 11.6 Å². The number of rotatable bonds is 7. The second-order valence-electron chi connectivity index (χ2n) is 6.27. The van der Waals surface area contributed by atoms with Gasteiger partial charge in [0.15, 0.2) is 6.04 Å². The van der Waals surface area contributed by atoms with Crippen molar-refractivity contribution in [3.05, 3.63) is 58.1 Å². The average Bonchev–Trinajstić information content (AvgIpc) is 3.12. The summed E-state index contributed by atoms with van der Waals surface area (Å²) in [6.45, 7) is 0.591. The van der Waals surface area contributed by atoms with Crippen LogP contribution in [0.2, 0.25) is 5.02 Å². The van der Waals surface area contributed by atoms with Gasteiger partial charge >= 0.3 is 5.97 Å². The molecule has 1 aliphatic heterocycles. The minimum Gasteiger partial charge on any atom is -0.495 e. The molecular weight excluding hydrogens is 370 g/mol. The fraction of sp³-hybridized carbons (Fsp3) is 0.300. The molecule has 0 aliphatic carbocycles. The molecule has 2 aromatic rings. The summed E-state index contributed by atoms with van der Waals surface area (Å²) in [5, 5.41) is 12.6. The minimum absolute atomic E-state index is 0.153. The topological polar surface area (TPSA) is 84.9 Å². The van der Waals surface area contributed by atoms with Crippen LogP contribution in [0.5, 0.6) is 11.5 Å². The number of amides is 1. The number of ether oxygens (including phenoxy) is 2. The monoisotopic (exact) mass is 389 g/mol. The van der Waals surface area contributed by atoms with Gasteiger partial charge in [0.05, 0.1) is 18.7 Å². The maximum Gasteiger partial charge on any atom is 0.330 e. The molecule has 1 amide bonds. The van der Waals surface area contributed by atoms with Crippen molar-refractivity contribution in [2.75, 3.05) is 13.7 Å². The van der Waals surface area contributed by atoms with Gasteiger partial charge in [-0.05, 0) is 47.4 Å². The molecule has 0 saturated carbocycles. The van der Waals surface area contributed by atoms with Gasteiger partial charge in [-0.25, -0.2) is 4.79 Å². The standard InChI is InChI=1S/C20H20ClNO5/c1-26-17-5-2-12(10-15(17)21)3-7-18(23)22-19(20(24)25)14-4-6-16-13(11-14)8-9-27-16/h2,4-6,10-11,19H,3,7-9H2,1H3,(H,22,23)(H,24,25). The second-order valence-corrected chi connectivity index (χ2v) is 6.68. The number of hydrogen-bond donors (Lipinski definition) is 2. The van der Waals surface area contributed by atoms with Crippen molar-refractivity contribution in [3.63, 3.8) is 0 Å². The molecule has 27 heavy (non-hydrogen) atoms. The van der Waals surface area contributed by atoms with Gasteiger partial charge in [-0.2, -0.15) is 0 Å². The van der Waals surface area contributed by atoms with Gasteiger partial charge in [-0.3, -0.25) is 4.79 Å². The molecule has 6 nitrogen and oxygen atoms in total. The molecule has 0 radical (unpaired) electrons. The van der Waals surface area contributed by atoms with Gasteiger partial charge in [0.1, 0.15) is 11.5 Å². The molecule has 2 N–H and O–H groups in total. The fourth-order valence-corrected chi connectivity index (χ4v) is 3.31. The third-order valence-corrected chi connectivity index (χ3v) is 4.75. The SMILES string of the molecule is COc1ccc(CCC(=O)NC(C(=O)O)c2ccc3c(c2)CCO3)cc1Cl. The van der Waals surface area contributed by atoms with E-state index in [2.05, 4.69) is 5.32 Å². The Balaban J connectivity index is 1.64. The lowest BCUT2D eigenvalue weighted by atomic mass is 10.0. The molecule has 0 fully saturated rings. The number of methoxy groups -OCH3 is 1. The first-order valence-electron chi connectivity index (χ1n) is 8.58. The number of carbonyl (C=O) groups is 2. The highest BCUT2D eigenvalue weighted by Gasteiger charge is 2.24. The van der Waals surface area contributed by atoms with Gasteiger partial charge in [-0.15, -0.1) is 0 Å². The third kappa shape index (κ3) is 4.52. The first kappa shape index (κ1) is 19.0. The number of carboxylic acids is 1. The summed E-state index contributed by atoms with van der Waals surface area (Å²) in [6, 6.07) is 9.41. The predicted molar refractivity (Wildman–Crippen MR) is 100 cm³/mol. The molecule has 3 rings (SSSR count). The van der Waals surface area contributed by atoms with Crippen LogP contribution in [0.3, 0.4) is 0 Å². The number of nitrogens with one attached hydrogen (secondary N) is 1. The number of halogens is 1. The summed E-state index contributed by atoms with van der Waals surface area (Å²) in [4.78, 5) is 23.9. The zero-order chi connectivity index (χ0) is 19.4. The Morgan fingerprint density at radius 1 is 1.30 bits per heavy atom. The van der Waals surface area contributed by atoms with E-state index in [0.717, 1.165) is 23.3 Å². The van der Waals surface area contributed by atoms with Gasteiger partial charge in [0.2, 0.25) is 5.91 Å². The van der Waals surface area contributed by atoms with Crippen LogP contribution in [0.4, 0.5) is 0 Å². The first-order valence-corrected chi connectivity index (χ1v) is 8.96. The Morgan fingerprint density at radius 3 is 2.81 bits per heavy atom. The average molecular weight is 390 g/mol. The van der Waals surface area contributed by atoms with Crippen molar-refractivity contribution in [2.45, 2.75) is 25.3 Å². The van der Waals surface area contributed by atoms with E-state index in [4.69, 9.17) is 21.1 Å². The molecule has 1 atom stereocenters. The number of carboxylic acid groups (broad SMARTS) is 1. The summed E-state index contributed by atoms with van der Waals surface area (Å²) in [5.74, 6) is -0.109. The Kier molecular flexibility index (Phi) is 5.86. The molecular formula is C20H20ClNO5. The lowest BCUT2D eigenvalue weighted by molar-refractivity contribution is -0.142. The van der Waals surface area contributed by atoms with E-state index in [1.807, 2.05) is 6.07 Å². The molecule has 2 aromatic carbocycles. The highest BCUT2D eigenvalue weighted by atomic mass is 35.5. The summed E-state index contributed by atoms with van der Waals surface area (Å²) in [7, 11) is 1.53. The van der Waals surface area contributed by atoms with Crippen LogP contribution in [0.1, 0.15) is 29.2 Å². The number of aryl methyl sites for hydroxylation is 1. The molecule has 7 heteroatoms. The predicted octanol–water partition coefficient (Wildman–Crippen LogP) is 3.16. The Labute approximate surface area is 162 Å². The van der Waals surface area contributed by atoms with E-state index >= 15 is 0 Å². The number of aliphatic carboxylic acids is 1. The molecule has 1 aliphatic rings. The second kappa shape index (κ2) is 8.31. The minimum atomic E-state index is -1.10. The molecule has 0 saturated heterocycles.